The van der Waals surface area contributed by atoms with Gasteiger partial charge in [-0.1, -0.05) is 32.4 Å². The second-order valence-corrected chi connectivity index (χ2v) is 6.37. The summed E-state index contributed by atoms with van der Waals surface area (Å²) in [6.07, 6.45) is 0. The molecule has 0 unspecified atom stereocenters. The van der Waals surface area contributed by atoms with E-state index < -0.39 is 0 Å². The molecular formula is C15H17Cl2N. The van der Waals surface area contributed by atoms with E-state index in [1.54, 1.807) is 0 Å². The molecule has 1 heterocycles. The lowest BCUT2D eigenvalue weighted by Crippen LogP contribution is -2.14. The van der Waals surface area contributed by atoms with Gasteiger partial charge in [0.05, 0.1) is 5.52 Å². The maximum atomic E-state index is 6.11. The Bertz CT molecular complexity index is 597. The van der Waals surface area contributed by atoms with Gasteiger partial charge in [0.15, 0.2) is 0 Å². The van der Waals surface area contributed by atoms with Gasteiger partial charge in [-0.25, -0.2) is 0 Å². The Morgan fingerprint density at radius 1 is 1.17 bits per heavy atom. The number of fused-ring (bicyclic) bond motifs is 1. The van der Waals surface area contributed by atoms with Crippen LogP contribution in [0, 0.1) is 6.92 Å². The van der Waals surface area contributed by atoms with Crippen molar-refractivity contribution in [3.05, 3.63) is 40.0 Å². The fraction of sp³-hybridized carbons (Fsp3) is 0.400. The fourth-order valence-corrected chi connectivity index (χ4v) is 2.51. The first kappa shape index (κ1) is 13.6. The van der Waals surface area contributed by atoms with Crippen molar-refractivity contribution in [3.8, 4) is 0 Å². The zero-order chi connectivity index (χ0) is 13.5. The van der Waals surface area contributed by atoms with Crippen molar-refractivity contribution < 1.29 is 0 Å². The van der Waals surface area contributed by atoms with Gasteiger partial charge in [0.1, 0.15) is 0 Å². The molecule has 1 nitrogen and oxygen atoms in total. The molecule has 0 aliphatic heterocycles. The molecule has 0 spiro atoms. The van der Waals surface area contributed by atoms with E-state index in [4.69, 9.17) is 28.2 Å². The summed E-state index contributed by atoms with van der Waals surface area (Å²) in [5, 5.41) is 1.79. The predicted octanol–water partition coefficient (Wildman–Crippen LogP) is 5.23. The molecule has 2 aromatic rings. The highest BCUT2D eigenvalue weighted by Crippen LogP contribution is 2.30. The summed E-state index contributed by atoms with van der Waals surface area (Å²) in [6, 6.07) is 5.98. The predicted molar refractivity (Wildman–Crippen MR) is 79.7 cm³/mol. The average Bonchev–Trinajstić information content (AvgIpc) is 2.26. The van der Waals surface area contributed by atoms with E-state index in [1.165, 1.54) is 0 Å². The number of rotatable bonds is 1. The van der Waals surface area contributed by atoms with Crippen LogP contribution in [0.25, 0.3) is 10.9 Å². The summed E-state index contributed by atoms with van der Waals surface area (Å²) in [7, 11) is 0. The van der Waals surface area contributed by atoms with Crippen molar-refractivity contribution in [3.63, 3.8) is 0 Å². The van der Waals surface area contributed by atoms with Gasteiger partial charge in [0.25, 0.3) is 0 Å². The van der Waals surface area contributed by atoms with Crippen LogP contribution >= 0.6 is 23.2 Å². The van der Waals surface area contributed by atoms with Crippen LogP contribution < -0.4 is 0 Å². The van der Waals surface area contributed by atoms with E-state index in [9.17, 15) is 0 Å². The lowest BCUT2D eigenvalue weighted by molar-refractivity contribution is 0.571. The number of hydrogen-bond donors (Lipinski definition) is 0. The third-order valence-corrected chi connectivity index (χ3v) is 3.57. The van der Waals surface area contributed by atoms with Gasteiger partial charge in [0, 0.05) is 27.4 Å². The minimum absolute atomic E-state index is 0.0150. The molecule has 0 aliphatic carbocycles. The topological polar surface area (TPSA) is 12.9 Å². The molecule has 0 aliphatic rings. The molecule has 3 heteroatoms. The van der Waals surface area contributed by atoms with Gasteiger partial charge in [0.2, 0.25) is 0 Å². The fourth-order valence-electron chi connectivity index (χ4n) is 2.02. The smallest absolute Gasteiger partial charge is 0.0738 e. The van der Waals surface area contributed by atoms with Gasteiger partial charge in [-0.15, -0.1) is 11.6 Å². The van der Waals surface area contributed by atoms with Gasteiger partial charge < -0.3 is 0 Å². The quantitative estimate of drug-likeness (QED) is 0.652. The van der Waals surface area contributed by atoms with E-state index in [2.05, 4.69) is 26.8 Å². The molecule has 0 saturated carbocycles. The van der Waals surface area contributed by atoms with Crippen LogP contribution in [0.15, 0.2) is 18.2 Å². The van der Waals surface area contributed by atoms with Crippen molar-refractivity contribution in [1.82, 2.24) is 4.98 Å². The third-order valence-electron chi connectivity index (χ3n) is 3.07. The molecule has 0 bridgehead atoms. The number of benzene rings is 1. The first-order valence-corrected chi connectivity index (χ1v) is 6.90. The molecular weight excluding hydrogens is 265 g/mol. The minimum Gasteiger partial charge on any atom is -0.252 e. The number of halogens is 2. The standard InChI is InChI=1S/C15H17Cl2N/c1-9-5-11(17)7-12-10(8-16)6-13(15(2,3)4)18-14(9)12/h5-7H,8H2,1-4H3. The number of nitrogens with zero attached hydrogens (tertiary/aromatic N) is 1. The van der Waals surface area contributed by atoms with Crippen LogP contribution in [0.4, 0.5) is 0 Å². The summed E-state index contributed by atoms with van der Waals surface area (Å²) in [6.45, 7) is 8.50. The van der Waals surface area contributed by atoms with Crippen molar-refractivity contribution in [1.29, 1.82) is 0 Å². The summed E-state index contributed by atoms with van der Waals surface area (Å²) in [5.41, 5.74) is 4.27. The molecule has 0 fully saturated rings. The van der Waals surface area contributed by atoms with E-state index in [-0.39, 0.29) is 5.41 Å². The van der Waals surface area contributed by atoms with Crippen molar-refractivity contribution in [2.45, 2.75) is 39.0 Å². The monoisotopic (exact) mass is 281 g/mol. The highest BCUT2D eigenvalue weighted by molar-refractivity contribution is 6.31. The molecule has 1 aromatic carbocycles. The van der Waals surface area contributed by atoms with Crippen LogP contribution in [-0.4, -0.2) is 4.98 Å². The molecule has 2 rings (SSSR count). The summed E-state index contributed by atoms with van der Waals surface area (Å²) in [5.74, 6) is 0.474. The normalized spacial score (nSPS) is 12.1. The second kappa shape index (κ2) is 4.71. The SMILES string of the molecule is Cc1cc(Cl)cc2c(CCl)cc(C(C)(C)C)nc12. The van der Waals surface area contributed by atoms with Crippen LogP contribution in [0.2, 0.25) is 5.02 Å². The molecule has 0 atom stereocenters. The van der Waals surface area contributed by atoms with Crippen LogP contribution in [-0.2, 0) is 11.3 Å². The Labute approximate surface area is 118 Å². The molecule has 96 valence electrons. The molecule has 0 N–H and O–H groups in total. The largest absolute Gasteiger partial charge is 0.252 e. The Hall–Kier alpha value is -0.790. The zero-order valence-corrected chi connectivity index (χ0v) is 12.7. The van der Waals surface area contributed by atoms with E-state index in [0.29, 0.717) is 5.88 Å². The molecule has 0 saturated heterocycles. The highest BCUT2D eigenvalue weighted by atomic mass is 35.5. The molecule has 18 heavy (non-hydrogen) atoms. The number of aromatic nitrogens is 1. The van der Waals surface area contributed by atoms with Crippen molar-refractivity contribution in [2.24, 2.45) is 0 Å². The van der Waals surface area contributed by atoms with Gasteiger partial charge in [-0.2, -0.15) is 0 Å². The van der Waals surface area contributed by atoms with Crippen LogP contribution in [0.3, 0.4) is 0 Å². The Morgan fingerprint density at radius 2 is 1.83 bits per heavy atom. The maximum Gasteiger partial charge on any atom is 0.0738 e. The third kappa shape index (κ3) is 2.48. The van der Waals surface area contributed by atoms with E-state index in [1.807, 2.05) is 19.1 Å². The number of aryl methyl sites for hydroxylation is 1. The van der Waals surface area contributed by atoms with Crippen LogP contribution in [0.5, 0.6) is 0 Å². The summed E-state index contributed by atoms with van der Waals surface area (Å²) >= 11 is 12.2. The lowest BCUT2D eigenvalue weighted by atomic mass is 9.89. The Balaban J connectivity index is 2.84. The first-order chi connectivity index (χ1) is 8.32. The van der Waals surface area contributed by atoms with Gasteiger partial charge in [-0.05, 0) is 36.2 Å². The Kier molecular flexibility index (Phi) is 3.57. The highest BCUT2D eigenvalue weighted by Gasteiger charge is 2.18. The Morgan fingerprint density at radius 3 is 2.39 bits per heavy atom. The number of alkyl halides is 1. The first-order valence-electron chi connectivity index (χ1n) is 5.99. The van der Waals surface area contributed by atoms with Crippen molar-refractivity contribution in [2.75, 3.05) is 0 Å². The summed E-state index contributed by atoms with van der Waals surface area (Å²) in [4.78, 5) is 4.78. The zero-order valence-electron chi connectivity index (χ0n) is 11.1. The molecule has 0 radical (unpaired) electrons. The van der Waals surface area contributed by atoms with Crippen LogP contribution in [0.1, 0.15) is 37.6 Å². The van der Waals surface area contributed by atoms with Gasteiger partial charge in [-0.3, -0.25) is 4.98 Å². The number of pyridine rings is 1. The lowest BCUT2D eigenvalue weighted by Gasteiger charge is -2.20. The van der Waals surface area contributed by atoms with Gasteiger partial charge >= 0.3 is 0 Å². The number of hydrogen-bond acceptors (Lipinski definition) is 1. The van der Waals surface area contributed by atoms with Crippen molar-refractivity contribution >= 4 is 34.1 Å². The van der Waals surface area contributed by atoms with E-state index >= 15 is 0 Å². The second-order valence-electron chi connectivity index (χ2n) is 5.67. The summed E-state index contributed by atoms with van der Waals surface area (Å²) < 4.78 is 0. The van der Waals surface area contributed by atoms with E-state index in [0.717, 1.165) is 32.7 Å². The maximum absolute atomic E-state index is 6.11. The minimum atomic E-state index is 0.0150. The average molecular weight is 282 g/mol. The molecule has 1 aromatic heterocycles. The molecule has 0 amide bonds.